The van der Waals surface area contributed by atoms with Crippen molar-refractivity contribution in [1.29, 1.82) is 0 Å². The molecule has 6 nitrogen and oxygen atoms in total. The average molecular weight is 367 g/mol. The van der Waals surface area contributed by atoms with Gasteiger partial charge < -0.3 is 14.4 Å². The second-order valence-corrected chi connectivity index (χ2v) is 9.25. The fraction of sp³-hybridized carbons (Fsp3) is 0.611. The van der Waals surface area contributed by atoms with E-state index in [2.05, 4.69) is 0 Å². The lowest BCUT2D eigenvalue weighted by molar-refractivity contribution is -0.136. The molecule has 2 fully saturated rings. The Labute approximate surface area is 149 Å². The van der Waals surface area contributed by atoms with Gasteiger partial charge in [-0.1, -0.05) is 19.3 Å². The molecular weight excluding hydrogens is 342 g/mol. The van der Waals surface area contributed by atoms with Crippen LogP contribution in [0.1, 0.15) is 32.1 Å². The molecule has 0 bridgehead atoms. The van der Waals surface area contributed by atoms with Crippen LogP contribution in [-0.4, -0.2) is 56.5 Å². The Morgan fingerprint density at radius 3 is 2.24 bits per heavy atom. The molecule has 138 valence electrons. The smallest absolute Gasteiger partial charge is 0.260 e. The maximum absolute atomic E-state index is 12.6. The first-order chi connectivity index (χ1) is 12.0. The topological polar surface area (TPSA) is 72.9 Å². The van der Waals surface area contributed by atoms with E-state index in [-0.39, 0.29) is 17.8 Å². The molecule has 0 unspecified atom stereocenters. The van der Waals surface area contributed by atoms with Crippen molar-refractivity contribution in [2.75, 3.05) is 26.8 Å². The Hall–Kier alpha value is -1.76. The Balaban J connectivity index is 1.46. The number of carbonyl (C=O) groups is 1. The van der Waals surface area contributed by atoms with E-state index >= 15 is 0 Å². The summed E-state index contributed by atoms with van der Waals surface area (Å²) in [5.41, 5.74) is 0. The highest BCUT2D eigenvalue weighted by molar-refractivity contribution is 7.92. The van der Waals surface area contributed by atoms with Crippen LogP contribution in [0.15, 0.2) is 24.3 Å². The molecule has 0 N–H and O–H groups in total. The summed E-state index contributed by atoms with van der Waals surface area (Å²) in [4.78, 5) is 13.7. The summed E-state index contributed by atoms with van der Waals surface area (Å²) < 4.78 is 35.7. The SMILES string of the molecule is COc1ccc(OCC(=O)N2CC(S(=O)(=O)C3CCCCC3)C2)cc1. The van der Waals surface area contributed by atoms with E-state index in [1.54, 1.807) is 36.3 Å². The van der Waals surface area contributed by atoms with Crippen LogP contribution in [0.2, 0.25) is 0 Å². The van der Waals surface area contributed by atoms with Crippen molar-refractivity contribution in [3.8, 4) is 11.5 Å². The number of sulfone groups is 1. The Morgan fingerprint density at radius 2 is 1.64 bits per heavy atom. The van der Waals surface area contributed by atoms with E-state index < -0.39 is 15.1 Å². The zero-order valence-electron chi connectivity index (χ0n) is 14.5. The number of amides is 1. The van der Waals surface area contributed by atoms with Crippen molar-refractivity contribution >= 4 is 15.7 Å². The highest BCUT2D eigenvalue weighted by Gasteiger charge is 2.43. The van der Waals surface area contributed by atoms with Gasteiger partial charge in [-0.15, -0.1) is 0 Å². The molecular formula is C18H25NO5S. The number of methoxy groups -OCH3 is 1. The van der Waals surface area contributed by atoms with Gasteiger partial charge >= 0.3 is 0 Å². The fourth-order valence-corrected chi connectivity index (χ4v) is 5.73. The Morgan fingerprint density at radius 1 is 1.04 bits per heavy atom. The molecule has 1 amide bonds. The monoisotopic (exact) mass is 367 g/mol. The number of ether oxygens (including phenoxy) is 2. The maximum Gasteiger partial charge on any atom is 0.260 e. The van der Waals surface area contributed by atoms with Crippen molar-refractivity contribution in [1.82, 2.24) is 4.90 Å². The molecule has 0 spiro atoms. The van der Waals surface area contributed by atoms with Crippen LogP contribution in [0.5, 0.6) is 11.5 Å². The third kappa shape index (κ3) is 4.08. The van der Waals surface area contributed by atoms with Crippen LogP contribution >= 0.6 is 0 Å². The molecule has 3 rings (SSSR count). The molecule has 7 heteroatoms. The van der Waals surface area contributed by atoms with E-state index in [1.165, 1.54) is 0 Å². The van der Waals surface area contributed by atoms with Gasteiger partial charge in [-0.2, -0.15) is 0 Å². The first-order valence-electron chi connectivity index (χ1n) is 8.78. The number of benzene rings is 1. The van der Waals surface area contributed by atoms with Crippen LogP contribution in [0.3, 0.4) is 0 Å². The van der Waals surface area contributed by atoms with Gasteiger partial charge in [-0.25, -0.2) is 8.42 Å². The first kappa shape index (κ1) is 18.0. The van der Waals surface area contributed by atoms with Gasteiger partial charge in [0.1, 0.15) is 11.5 Å². The molecule has 1 heterocycles. The summed E-state index contributed by atoms with van der Waals surface area (Å²) in [5.74, 6) is 1.13. The normalized spacial score (nSPS) is 19.3. The summed E-state index contributed by atoms with van der Waals surface area (Å²) in [7, 11) is -1.53. The number of likely N-dealkylation sites (tertiary alicyclic amines) is 1. The standard InChI is InChI=1S/C18H25NO5S/c1-23-14-7-9-15(10-8-14)24-13-18(20)19-11-17(12-19)25(21,22)16-5-3-2-4-6-16/h7-10,16-17H,2-6,11-13H2,1H3. The fourth-order valence-electron chi connectivity index (χ4n) is 3.42. The quantitative estimate of drug-likeness (QED) is 0.769. The van der Waals surface area contributed by atoms with Crippen molar-refractivity contribution in [3.05, 3.63) is 24.3 Å². The van der Waals surface area contributed by atoms with Crippen LogP contribution in [0.4, 0.5) is 0 Å². The minimum absolute atomic E-state index is 0.0808. The predicted molar refractivity (Wildman–Crippen MR) is 94.6 cm³/mol. The zero-order valence-corrected chi connectivity index (χ0v) is 15.3. The third-order valence-corrected chi connectivity index (χ3v) is 7.73. The maximum atomic E-state index is 12.6. The minimum Gasteiger partial charge on any atom is -0.497 e. The summed E-state index contributed by atoms with van der Waals surface area (Å²) in [6.07, 6.45) is 4.66. The molecule has 2 aliphatic rings. The molecule has 1 aliphatic heterocycles. The summed E-state index contributed by atoms with van der Waals surface area (Å²) in [5, 5.41) is -0.611. The summed E-state index contributed by atoms with van der Waals surface area (Å²) >= 11 is 0. The van der Waals surface area contributed by atoms with Crippen LogP contribution in [0.25, 0.3) is 0 Å². The van der Waals surface area contributed by atoms with E-state index in [4.69, 9.17) is 9.47 Å². The Kier molecular flexibility index (Phi) is 5.51. The van der Waals surface area contributed by atoms with Gasteiger partial charge in [0.05, 0.1) is 17.6 Å². The average Bonchev–Trinajstić information content (AvgIpc) is 2.59. The van der Waals surface area contributed by atoms with Gasteiger partial charge in [0.25, 0.3) is 5.91 Å². The number of hydrogen-bond donors (Lipinski definition) is 0. The van der Waals surface area contributed by atoms with Crippen molar-refractivity contribution in [3.63, 3.8) is 0 Å². The van der Waals surface area contributed by atoms with Crippen LogP contribution in [0, 0.1) is 0 Å². The molecule has 1 aromatic carbocycles. The summed E-state index contributed by atoms with van der Waals surface area (Å²) in [6.45, 7) is 0.510. The van der Waals surface area contributed by atoms with E-state index in [9.17, 15) is 13.2 Å². The predicted octanol–water partition coefficient (Wildman–Crippen LogP) is 2.03. The molecule has 0 radical (unpaired) electrons. The summed E-state index contributed by atoms with van der Waals surface area (Å²) in [6, 6.07) is 6.99. The molecule has 1 saturated carbocycles. The van der Waals surface area contributed by atoms with Crippen molar-refractivity contribution in [2.24, 2.45) is 0 Å². The van der Waals surface area contributed by atoms with Gasteiger partial charge in [-0.3, -0.25) is 4.79 Å². The molecule has 1 aliphatic carbocycles. The lowest BCUT2D eigenvalue weighted by Crippen LogP contribution is -2.59. The van der Waals surface area contributed by atoms with E-state index in [0.717, 1.165) is 37.9 Å². The van der Waals surface area contributed by atoms with E-state index in [1.807, 2.05) is 0 Å². The lowest BCUT2D eigenvalue weighted by atomic mass is 10.0. The van der Waals surface area contributed by atoms with Gasteiger partial charge in [0.15, 0.2) is 16.4 Å². The zero-order chi connectivity index (χ0) is 17.9. The van der Waals surface area contributed by atoms with E-state index in [0.29, 0.717) is 18.8 Å². The molecule has 25 heavy (non-hydrogen) atoms. The van der Waals surface area contributed by atoms with Crippen LogP contribution in [-0.2, 0) is 14.6 Å². The Bertz CT molecular complexity index is 689. The van der Waals surface area contributed by atoms with Crippen molar-refractivity contribution in [2.45, 2.75) is 42.6 Å². The van der Waals surface area contributed by atoms with Gasteiger partial charge in [-0.05, 0) is 37.1 Å². The van der Waals surface area contributed by atoms with Crippen molar-refractivity contribution < 1.29 is 22.7 Å². The van der Waals surface area contributed by atoms with Gasteiger partial charge in [0, 0.05) is 13.1 Å². The minimum atomic E-state index is -3.12. The second kappa shape index (κ2) is 7.64. The highest BCUT2D eigenvalue weighted by atomic mass is 32.2. The number of carbonyl (C=O) groups excluding carboxylic acids is 1. The van der Waals surface area contributed by atoms with Crippen LogP contribution < -0.4 is 9.47 Å². The lowest BCUT2D eigenvalue weighted by Gasteiger charge is -2.40. The largest absolute Gasteiger partial charge is 0.497 e. The highest BCUT2D eigenvalue weighted by Crippen LogP contribution is 2.29. The number of nitrogens with zero attached hydrogens (tertiary/aromatic N) is 1. The molecule has 0 atom stereocenters. The first-order valence-corrected chi connectivity index (χ1v) is 10.4. The number of hydrogen-bond acceptors (Lipinski definition) is 5. The van der Waals surface area contributed by atoms with Gasteiger partial charge in [0.2, 0.25) is 0 Å². The molecule has 1 aromatic rings. The molecule has 0 aromatic heterocycles. The number of rotatable bonds is 6. The molecule has 1 saturated heterocycles. The second-order valence-electron chi connectivity index (χ2n) is 6.73. The third-order valence-electron chi connectivity index (χ3n) is 5.10.